The maximum Gasteiger partial charge on any atom is 0.230 e. The largest absolute Gasteiger partial charge is 0.360 e. The van der Waals surface area contributed by atoms with E-state index in [1.165, 1.54) is 0 Å². The van der Waals surface area contributed by atoms with Crippen LogP contribution in [0.25, 0.3) is 0 Å². The van der Waals surface area contributed by atoms with E-state index in [1.54, 1.807) is 18.1 Å². The van der Waals surface area contributed by atoms with Crippen LogP contribution >= 0.6 is 0 Å². The molecule has 4 rings (SSSR count). The lowest BCUT2D eigenvalue weighted by Crippen LogP contribution is -2.45. The Labute approximate surface area is 172 Å². The molecule has 7 nitrogen and oxygen atoms in total. The van der Waals surface area contributed by atoms with Gasteiger partial charge < -0.3 is 19.1 Å². The fraction of sp³-hybridized carbons (Fsp3) is 0.682. The monoisotopic (exact) mass is 400 g/mol. The van der Waals surface area contributed by atoms with E-state index >= 15 is 0 Å². The lowest BCUT2D eigenvalue weighted by molar-refractivity contribution is -0.143. The first kappa shape index (κ1) is 20.1. The second-order valence-corrected chi connectivity index (χ2v) is 8.63. The number of nitrogens with zero attached hydrogens (tertiary/aromatic N) is 4. The van der Waals surface area contributed by atoms with Gasteiger partial charge in [-0.1, -0.05) is 38.8 Å². The van der Waals surface area contributed by atoms with Crippen LogP contribution in [0.4, 0.5) is 0 Å². The van der Waals surface area contributed by atoms with Gasteiger partial charge in [-0.2, -0.15) is 0 Å². The van der Waals surface area contributed by atoms with Gasteiger partial charge in [0.25, 0.3) is 0 Å². The summed E-state index contributed by atoms with van der Waals surface area (Å²) in [4.78, 5) is 34.7. The van der Waals surface area contributed by atoms with Crippen LogP contribution in [0.1, 0.15) is 39.4 Å². The van der Waals surface area contributed by atoms with Crippen LogP contribution in [-0.4, -0.2) is 63.0 Å². The Morgan fingerprint density at radius 2 is 2.14 bits per heavy atom. The van der Waals surface area contributed by atoms with Gasteiger partial charge in [0, 0.05) is 32.5 Å². The average Bonchev–Trinajstić information content (AvgIpc) is 3.46. The number of hydrogen-bond acceptors (Lipinski definition) is 4. The third-order valence-electron chi connectivity index (χ3n) is 6.99. The number of imidazole rings is 1. The molecule has 3 aliphatic heterocycles. The molecule has 2 fully saturated rings. The number of carbonyl (C=O) groups is 2. The predicted molar refractivity (Wildman–Crippen MR) is 109 cm³/mol. The highest BCUT2D eigenvalue weighted by molar-refractivity contribution is 5.93. The Hall–Kier alpha value is -2.15. The van der Waals surface area contributed by atoms with Crippen LogP contribution in [-0.2, 0) is 27.4 Å². The fourth-order valence-electron chi connectivity index (χ4n) is 5.20. The zero-order valence-corrected chi connectivity index (χ0v) is 17.9. The topological polar surface area (TPSA) is 67.7 Å². The maximum absolute atomic E-state index is 13.4. The molecular weight excluding hydrogens is 368 g/mol. The molecule has 0 radical (unpaired) electrons. The summed E-state index contributed by atoms with van der Waals surface area (Å²) >= 11 is 0. The van der Waals surface area contributed by atoms with Gasteiger partial charge in [0.2, 0.25) is 11.8 Å². The summed E-state index contributed by atoms with van der Waals surface area (Å²) in [5.41, 5.74) is -0.628. The molecule has 29 heavy (non-hydrogen) atoms. The molecule has 2 saturated heterocycles. The molecule has 3 aliphatic rings. The Kier molecular flexibility index (Phi) is 5.27. The van der Waals surface area contributed by atoms with Crippen LogP contribution in [0.5, 0.6) is 0 Å². The number of aromatic nitrogens is 2. The molecule has 1 aromatic rings. The van der Waals surface area contributed by atoms with Crippen molar-refractivity contribution in [2.75, 3.05) is 20.1 Å². The van der Waals surface area contributed by atoms with Gasteiger partial charge in [-0.25, -0.2) is 4.98 Å². The first-order valence-corrected chi connectivity index (χ1v) is 10.8. The molecule has 0 saturated carbocycles. The Morgan fingerprint density at radius 1 is 1.38 bits per heavy atom. The van der Waals surface area contributed by atoms with Crippen molar-refractivity contribution in [1.29, 1.82) is 0 Å². The van der Waals surface area contributed by atoms with Crippen LogP contribution in [0.2, 0.25) is 0 Å². The van der Waals surface area contributed by atoms with E-state index in [-0.39, 0.29) is 17.9 Å². The van der Waals surface area contributed by atoms with Crippen LogP contribution in [0.15, 0.2) is 24.5 Å². The van der Waals surface area contributed by atoms with E-state index in [1.807, 2.05) is 27.8 Å². The van der Waals surface area contributed by atoms with E-state index < -0.39 is 17.4 Å². The number of hydrogen-bond donors (Lipinski definition) is 0. The number of amides is 2. The zero-order chi connectivity index (χ0) is 20.8. The van der Waals surface area contributed by atoms with Crippen LogP contribution in [0.3, 0.4) is 0 Å². The first-order valence-electron chi connectivity index (χ1n) is 10.8. The van der Waals surface area contributed by atoms with Gasteiger partial charge >= 0.3 is 0 Å². The number of ether oxygens (including phenoxy) is 1. The summed E-state index contributed by atoms with van der Waals surface area (Å²) in [5.74, 6) is 0.521. The van der Waals surface area contributed by atoms with Gasteiger partial charge in [-0.05, 0) is 12.8 Å². The van der Waals surface area contributed by atoms with Crippen molar-refractivity contribution in [1.82, 2.24) is 19.4 Å². The molecule has 2 amide bonds. The van der Waals surface area contributed by atoms with Crippen molar-refractivity contribution in [2.24, 2.45) is 17.8 Å². The van der Waals surface area contributed by atoms with Crippen LogP contribution < -0.4 is 0 Å². The van der Waals surface area contributed by atoms with Gasteiger partial charge in [0.15, 0.2) is 0 Å². The van der Waals surface area contributed by atoms with Gasteiger partial charge in [0.05, 0.1) is 31.0 Å². The van der Waals surface area contributed by atoms with E-state index in [2.05, 4.69) is 25.8 Å². The second kappa shape index (κ2) is 7.59. The Bertz CT molecular complexity index is 815. The van der Waals surface area contributed by atoms with Crippen LogP contribution in [0, 0.1) is 17.8 Å². The Morgan fingerprint density at radius 3 is 2.83 bits per heavy atom. The van der Waals surface area contributed by atoms with Crippen molar-refractivity contribution in [2.45, 2.75) is 58.4 Å². The molecule has 4 atom stereocenters. The highest BCUT2D eigenvalue weighted by Crippen LogP contribution is 2.52. The quantitative estimate of drug-likeness (QED) is 0.627. The van der Waals surface area contributed by atoms with Crippen molar-refractivity contribution in [3.05, 3.63) is 30.4 Å². The number of rotatable bonds is 8. The fourth-order valence-corrected chi connectivity index (χ4v) is 5.20. The summed E-state index contributed by atoms with van der Waals surface area (Å²) in [6, 6.07) is 0. The lowest BCUT2D eigenvalue weighted by Gasteiger charge is -2.28. The summed E-state index contributed by atoms with van der Waals surface area (Å²) in [6.45, 7) is 8.93. The molecule has 0 unspecified atom stereocenters. The van der Waals surface area contributed by atoms with E-state index in [0.29, 0.717) is 19.0 Å². The van der Waals surface area contributed by atoms with Gasteiger partial charge in [0.1, 0.15) is 11.4 Å². The van der Waals surface area contributed by atoms with Crippen molar-refractivity contribution < 1.29 is 14.3 Å². The number of carbonyl (C=O) groups excluding carboxylic acids is 2. The van der Waals surface area contributed by atoms with E-state index in [9.17, 15) is 9.59 Å². The predicted octanol–water partition coefficient (Wildman–Crippen LogP) is 2.08. The van der Waals surface area contributed by atoms with E-state index in [0.717, 1.165) is 31.8 Å². The normalized spacial score (nSPS) is 29.9. The summed E-state index contributed by atoms with van der Waals surface area (Å²) in [5, 5.41) is 0. The van der Waals surface area contributed by atoms with Crippen molar-refractivity contribution >= 4 is 11.8 Å². The van der Waals surface area contributed by atoms with Crippen molar-refractivity contribution in [3.8, 4) is 0 Å². The zero-order valence-electron chi connectivity index (χ0n) is 17.9. The van der Waals surface area contributed by atoms with Gasteiger partial charge in [-0.3, -0.25) is 9.59 Å². The highest BCUT2D eigenvalue weighted by Gasteiger charge is 2.67. The molecular formula is C22H32N4O3. The maximum atomic E-state index is 13.4. The first-order chi connectivity index (χ1) is 13.9. The second-order valence-electron chi connectivity index (χ2n) is 8.63. The number of likely N-dealkylation sites (tertiary alicyclic amines) is 1. The minimum absolute atomic E-state index is 0.0328. The molecule has 7 heteroatoms. The van der Waals surface area contributed by atoms with Crippen molar-refractivity contribution in [3.63, 3.8) is 0 Å². The minimum atomic E-state index is -0.628. The summed E-state index contributed by atoms with van der Waals surface area (Å²) in [7, 11) is 1.79. The molecule has 4 heterocycles. The standard InChI is InChI=1S/C22H32N4O3/c1-5-15(6-2)12-26-14-22-9-8-16(29-22)18(19(22)21(26)28)20(27)24(4)13-17-23-10-11-25(17)7-3/h8-11,15-16,18-19H,5-7,12-14H2,1-4H3/t16-,18+,19-,22-/m0/s1. The summed E-state index contributed by atoms with van der Waals surface area (Å²) < 4.78 is 8.28. The Balaban J connectivity index is 1.52. The third-order valence-corrected chi connectivity index (χ3v) is 6.99. The van der Waals surface area contributed by atoms with Gasteiger partial charge in [-0.15, -0.1) is 0 Å². The molecule has 0 aromatic carbocycles. The van der Waals surface area contributed by atoms with E-state index in [4.69, 9.17) is 4.74 Å². The summed E-state index contributed by atoms with van der Waals surface area (Å²) in [6.07, 6.45) is 9.47. The number of fused-ring (bicyclic) bond motifs is 1. The SMILES string of the molecule is CCC(CC)CN1C[C@]23C=C[C@H](O2)[C@@H](C(=O)N(C)Cc2nccn2CC)[C@H]3C1=O. The smallest absolute Gasteiger partial charge is 0.230 e. The third kappa shape index (κ3) is 3.19. The lowest BCUT2D eigenvalue weighted by atomic mass is 9.76. The molecule has 1 aromatic heterocycles. The molecule has 0 N–H and O–H groups in total. The average molecular weight is 401 g/mol. The number of aryl methyl sites for hydroxylation is 1. The molecule has 158 valence electrons. The highest BCUT2D eigenvalue weighted by atomic mass is 16.5. The molecule has 2 bridgehead atoms. The molecule has 0 aliphatic carbocycles. The minimum Gasteiger partial charge on any atom is -0.360 e. The molecule has 1 spiro atoms.